The van der Waals surface area contributed by atoms with Crippen molar-refractivity contribution in [1.29, 1.82) is 0 Å². The zero-order chi connectivity index (χ0) is 19.3. The predicted octanol–water partition coefficient (Wildman–Crippen LogP) is 4.59. The van der Waals surface area contributed by atoms with Gasteiger partial charge in [-0.1, -0.05) is 19.1 Å². The van der Waals surface area contributed by atoms with Crippen molar-refractivity contribution in [3.8, 4) is 17.2 Å². The maximum Gasteiger partial charge on any atom is 0.251 e. The van der Waals surface area contributed by atoms with E-state index in [1.807, 2.05) is 24.3 Å². The van der Waals surface area contributed by atoms with Gasteiger partial charge in [-0.15, -0.1) is 10.2 Å². The number of methoxy groups -OCH3 is 1. The summed E-state index contributed by atoms with van der Waals surface area (Å²) in [7, 11) is 1.63. The molecule has 1 aliphatic rings. The van der Waals surface area contributed by atoms with Crippen LogP contribution in [0.4, 0.5) is 11.4 Å². The molecule has 6 nitrogen and oxygen atoms in total. The highest BCUT2D eigenvalue weighted by Gasteiger charge is 2.16. The summed E-state index contributed by atoms with van der Waals surface area (Å²) in [5, 5.41) is 11.6. The van der Waals surface area contributed by atoms with Gasteiger partial charge in [-0.2, -0.15) is 0 Å². The number of piperidine rings is 1. The Morgan fingerprint density at radius 1 is 1.07 bits per heavy atom. The van der Waals surface area contributed by atoms with E-state index in [0.717, 1.165) is 30.3 Å². The number of nitrogens with zero attached hydrogens (tertiary/aromatic N) is 3. The zero-order valence-corrected chi connectivity index (χ0v) is 16.4. The first-order chi connectivity index (χ1) is 13.7. The topological polar surface area (TPSA) is 63.4 Å². The number of ether oxygens (including phenoxy) is 1. The van der Waals surface area contributed by atoms with Crippen LogP contribution in [0.25, 0.3) is 11.5 Å². The molecule has 3 aromatic rings. The average molecular weight is 378 g/mol. The maximum atomic E-state index is 5.79. The van der Waals surface area contributed by atoms with Gasteiger partial charge in [0.2, 0.25) is 5.89 Å². The lowest BCUT2D eigenvalue weighted by atomic mass is 9.99. The number of aromatic nitrogens is 2. The smallest absolute Gasteiger partial charge is 0.251 e. The number of para-hydroxylation sites is 1. The molecule has 0 unspecified atom stereocenters. The largest absolute Gasteiger partial charge is 0.496 e. The number of nitrogens with one attached hydrogen (secondary N) is 1. The van der Waals surface area contributed by atoms with E-state index in [0.29, 0.717) is 24.1 Å². The lowest BCUT2D eigenvalue weighted by molar-refractivity contribution is 0.413. The quantitative estimate of drug-likeness (QED) is 0.677. The minimum Gasteiger partial charge on any atom is -0.496 e. The van der Waals surface area contributed by atoms with E-state index >= 15 is 0 Å². The molecule has 1 saturated heterocycles. The lowest BCUT2D eigenvalue weighted by Crippen LogP contribution is -2.32. The van der Waals surface area contributed by atoms with E-state index in [1.54, 1.807) is 7.11 Å². The second kappa shape index (κ2) is 8.33. The summed E-state index contributed by atoms with van der Waals surface area (Å²) in [4.78, 5) is 2.46. The fraction of sp³-hybridized carbons (Fsp3) is 0.364. The van der Waals surface area contributed by atoms with Gasteiger partial charge in [0.05, 0.1) is 19.2 Å². The molecular formula is C22H26N4O2. The normalized spacial score (nSPS) is 14.9. The summed E-state index contributed by atoms with van der Waals surface area (Å²) in [5.74, 6) is 2.56. The SMILES string of the molecule is COc1ccccc1-c1nnc(CNc2ccc(N3CCC(C)CC3)cc2)o1. The molecule has 28 heavy (non-hydrogen) atoms. The third-order valence-corrected chi connectivity index (χ3v) is 5.26. The van der Waals surface area contributed by atoms with Crippen LogP contribution < -0.4 is 15.0 Å². The van der Waals surface area contributed by atoms with Gasteiger partial charge in [-0.05, 0) is 55.2 Å². The fourth-order valence-corrected chi connectivity index (χ4v) is 3.49. The van der Waals surface area contributed by atoms with Gasteiger partial charge in [0.15, 0.2) is 0 Å². The maximum absolute atomic E-state index is 5.79. The van der Waals surface area contributed by atoms with Gasteiger partial charge >= 0.3 is 0 Å². The molecule has 0 bridgehead atoms. The summed E-state index contributed by atoms with van der Waals surface area (Å²) in [5.41, 5.74) is 3.11. The van der Waals surface area contributed by atoms with Gasteiger partial charge < -0.3 is 19.4 Å². The Hall–Kier alpha value is -3.02. The molecule has 0 aliphatic carbocycles. The molecule has 2 heterocycles. The standard InChI is InChI=1S/C22H26N4O2/c1-16-11-13-26(14-12-16)18-9-7-17(8-10-18)23-15-21-24-25-22(28-21)19-5-3-4-6-20(19)27-2/h3-10,16,23H,11-15H2,1-2H3. The molecule has 1 aliphatic heterocycles. The molecule has 0 amide bonds. The van der Waals surface area contributed by atoms with E-state index in [-0.39, 0.29) is 0 Å². The van der Waals surface area contributed by atoms with Crippen LogP contribution in [0.15, 0.2) is 52.9 Å². The summed E-state index contributed by atoms with van der Waals surface area (Å²) in [6.45, 7) is 5.09. The van der Waals surface area contributed by atoms with Gasteiger partial charge in [-0.25, -0.2) is 0 Å². The van der Waals surface area contributed by atoms with E-state index in [1.165, 1.54) is 18.5 Å². The van der Waals surface area contributed by atoms with Crippen molar-refractivity contribution < 1.29 is 9.15 Å². The van der Waals surface area contributed by atoms with Crippen molar-refractivity contribution in [3.05, 3.63) is 54.4 Å². The first-order valence-electron chi connectivity index (χ1n) is 9.77. The molecular weight excluding hydrogens is 352 g/mol. The molecule has 0 atom stereocenters. The fourth-order valence-electron chi connectivity index (χ4n) is 3.49. The van der Waals surface area contributed by atoms with Crippen LogP contribution in [0.1, 0.15) is 25.7 Å². The lowest BCUT2D eigenvalue weighted by Gasteiger charge is -2.32. The van der Waals surface area contributed by atoms with Crippen LogP contribution in [0.5, 0.6) is 5.75 Å². The molecule has 2 aromatic carbocycles. The number of rotatable bonds is 6. The number of benzene rings is 2. The van der Waals surface area contributed by atoms with Gasteiger partial charge in [0, 0.05) is 24.5 Å². The molecule has 1 aromatic heterocycles. The van der Waals surface area contributed by atoms with Crippen molar-refractivity contribution in [2.45, 2.75) is 26.3 Å². The summed E-state index contributed by atoms with van der Waals surface area (Å²) in [6, 6.07) is 16.2. The third-order valence-electron chi connectivity index (χ3n) is 5.26. The first kappa shape index (κ1) is 18.3. The van der Waals surface area contributed by atoms with Crippen LogP contribution in [0, 0.1) is 5.92 Å². The second-order valence-electron chi connectivity index (χ2n) is 7.27. The van der Waals surface area contributed by atoms with E-state index in [9.17, 15) is 0 Å². The van der Waals surface area contributed by atoms with Crippen LogP contribution in [0.2, 0.25) is 0 Å². The Bertz CT molecular complexity index is 899. The molecule has 1 N–H and O–H groups in total. The van der Waals surface area contributed by atoms with Gasteiger partial charge in [0.1, 0.15) is 5.75 Å². The minimum atomic E-state index is 0.462. The highest BCUT2D eigenvalue weighted by molar-refractivity contribution is 5.62. The van der Waals surface area contributed by atoms with Crippen molar-refractivity contribution in [3.63, 3.8) is 0 Å². The van der Waals surface area contributed by atoms with E-state index in [2.05, 4.69) is 51.6 Å². The zero-order valence-electron chi connectivity index (χ0n) is 16.4. The molecule has 0 radical (unpaired) electrons. The average Bonchev–Trinajstić information content (AvgIpc) is 3.22. The highest BCUT2D eigenvalue weighted by Crippen LogP contribution is 2.28. The Morgan fingerprint density at radius 3 is 2.57 bits per heavy atom. The molecule has 0 saturated carbocycles. The van der Waals surface area contributed by atoms with Crippen LogP contribution in [-0.2, 0) is 6.54 Å². The van der Waals surface area contributed by atoms with Crippen LogP contribution in [-0.4, -0.2) is 30.4 Å². The molecule has 146 valence electrons. The molecule has 4 rings (SSSR count). The summed E-state index contributed by atoms with van der Waals surface area (Å²) in [6.07, 6.45) is 2.54. The Kier molecular flexibility index (Phi) is 5.46. The minimum absolute atomic E-state index is 0.462. The van der Waals surface area contributed by atoms with Crippen molar-refractivity contribution in [2.75, 3.05) is 30.4 Å². The Balaban J connectivity index is 1.37. The van der Waals surface area contributed by atoms with Crippen molar-refractivity contribution in [2.24, 2.45) is 5.92 Å². The second-order valence-corrected chi connectivity index (χ2v) is 7.27. The Labute approximate surface area is 165 Å². The number of hydrogen-bond acceptors (Lipinski definition) is 6. The van der Waals surface area contributed by atoms with E-state index in [4.69, 9.17) is 9.15 Å². The van der Waals surface area contributed by atoms with Crippen LogP contribution >= 0.6 is 0 Å². The highest BCUT2D eigenvalue weighted by atomic mass is 16.5. The number of anilines is 2. The summed E-state index contributed by atoms with van der Waals surface area (Å²) < 4.78 is 11.1. The summed E-state index contributed by atoms with van der Waals surface area (Å²) >= 11 is 0. The molecule has 1 fully saturated rings. The van der Waals surface area contributed by atoms with Crippen molar-refractivity contribution in [1.82, 2.24) is 10.2 Å². The molecule has 6 heteroatoms. The first-order valence-corrected chi connectivity index (χ1v) is 9.77. The van der Waals surface area contributed by atoms with Crippen molar-refractivity contribution >= 4 is 11.4 Å². The number of hydrogen-bond donors (Lipinski definition) is 1. The Morgan fingerprint density at radius 2 is 1.82 bits per heavy atom. The monoisotopic (exact) mass is 378 g/mol. The van der Waals surface area contributed by atoms with Gasteiger partial charge in [-0.3, -0.25) is 0 Å². The third kappa shape index (κ3) is 4.11. The van der Waals surface area contributed by atoms with Gasteiger partial charge in [0.25, 0.3) is 5.89 Å². The van der Waals surface area contributed by atoms with E-state index < -0.39 is 0 Å². The van der Waals surface area contributed by atoms with Crippen LogP contribution in [0.3, 0.4) is 0 Å². The molecule has 0 spiro atoms. The predicted molar refractivity (Wildman–Crippen MR) is 111 cm³/mol.